The summed E-state index contributed by atoms with van der Waals surface area (Å²) in [6, 6.07) is 7.07. The summed E-state index contributed by atoms with van der Waals surface area (Å²) < 4.78 is 6.49. The largest absolute Gasteiger partial charge is 0.497 e. The van der Waals surface area contributed by atoms with Gasteiger partial charge in [-0.2, -0.15) is 0 Å². The van der Waals surface area contributed by atoms with Crippen LogP contribution in [0.2, 0.25) is 0 Å². The first kappa shape index (κ1) is 11.5. The third-order valence-corrected chi connectivity index (χ3v) is 4.92. The van der Waals surface area contributed by atoms with E-state index in [1.807, 2.05) is 6.07 Å². The average Bonchev–Trinajstić information content (AvgIpc) is 2.94. The number of hydrogen-bond donors (Lipinski definition) is 0. The van der Waals surface area contributed by atoms with Gasteiger partial charge in [-0.1, -0.05) is 15.9 Å². The maximum absolute atomic E-state index is 5.30. The van der Waals surface area contributed by atoms with E-state index in [4.69, 9.17) is 4.74 Å². The van der Waals surface area contributed by atoms with Gasteiger partial charge in [0.1, 0.15) is 5.75 Å². The minimum absolute atomic E-state index is 0.832. The molecule has 1 saturated heterocycles. The lowest BCUT2D eigenvalue weighted by molar-refractivity contribution is 0.205. The summed E-state index contributed by atoms with van der Waals surface area (Å²) in [7, 11) is 1.73. The van der Waals surface area contributed by atoms with Crippen LogP contribution in [0.1, 0.15) is 24.8 Å². The smallest absolute Gasteiger partial charge is 0.119 e. The number of ether oxygens (including phenoxy) is 1. The van der Waals surface area contributed by atoms with Gasteiger partial charge in [0.15, 0.2) is 0 Å². The topological polar surface area (TPSA) is 12.5 Å². The number of methoxy groups -OCH3 is 1. The fraction of sp³-hybridized carbons (Fsp3) is 0.571. The predicted octanol–water partition coefficient (Wildman–Crippen LogP) is 3.44. The average molecular weight is 296 g/mol. The van der Waals surface area contributed by atoms with Crippen molar-refractivity contribution in [3.05, 3.63) is 28.2 Å². The molecule has 1 aromatic rings. The molecule has 3 heteroatoms. The van der Waals surface area contributed by atoms with Crippen LogP contribution in [0.15, 0.2) is 22.7 Å². The molecule has 17 heavy (non-hydrogen) atoms. The first-order valence-corrected chi connectivity index (χ1v) is 7.12. The van der Waals surface area contributed by atoms with Gasteiger partial charge in [-0.25, -0.2) is 0 Å². The van der Waals surface area contributed by atoms with Crippen molar-refractivity contribution < 1.29 is 4.74 Å². The predicted molar refractivity (Wildman–Crippen MR) is 72.2 cm³/mol. The van der Waals surface area contributed by atoms with E-state index >= 15 is 0 Å². The lowest BCUT2D eigenvalue weighted by Gasteiger charge is -2.27. The Morgan fingerprint density at radius 1 is 1.41 bits per heavy atom. The Hall–Kier alpha value is -0.540. The van der Waals surface area contributed by atoms with Gasteiger partial charge in [0.2, 0.25) is 0 Å². The molecule has 1 saturated carbocycles. The Kier molecular flexibility index (Phi) is 3.14. The fourth-order valence-corrected chi connectivity index (χ4v) is 3.61. The lowest BCUT2D eigenvalue weighted by Crippen LogP contribution is -2.31. The van der Waals surface area contributed by atoms with Gasteiger partial charge >= 0.3 is 0 Å². The zero-order valence-electron chi connectivity index (χ0n) is 10.2. The lowest BCUT2D eigenvalue weighted by atomic mass is 10.1. The fourth-order valence-electron chi connectivity index (χ4n) is 3.24. The highest BCUT2D eigenvalue weighted by Crippen LogP contribution is 2.38. The quantitative estimate of drug-likeness (QED) is 0.847. The van der Waals surface area contributed by atoms with Crippen LogP contribution in [-0.2, 0) is 6.54 Å². The molecule has 1 aliphatic heterocycles. The van der Waals surface area contributed by atoms with Gasteiger partial charge in [0.25, 0.3) is 0 Å². The zero-order chi connectivity index (χ0) is 11.8. The molecule has 92 valence electrons. The van der Waals surface area contributed by atoms with Crippen molar-refractivity contribution >= 4 is 15.9 Å². The van der Waals surface area contributed by atoms with Gasteiger partial charge in [-0.15, -0.1) is 0 Å². The van der Waals surface area contributed by atoms with Crippen molar-refractivity contribution in [2.24, 2.45) is 5.92 Å². The second kappa shape index (κ2) is 4.62. The van der Waals surface area contributed by atoms with Gasteiger partial charge in [-0.3, -0.25) is 4.90 Å². The first-order valence-electron chi connectivity index (χ1n) is 6.32. The second-order valence-corrected chi connectivity index (χ2v) is 6.07. The highest BCUT2D eigenvalue weighted by molar-refractivity contribution is 9.10. The normalized spacial score (nSPS) is 27.6. The molecule has 0 radical (unpaired) electrons. The molecule has 0 spiro atoms. The molecule has 2 bridgehead atoms. The molecule has 2 nitrogen and oxygen atoms in total. The molecule has 1 heterocycles. The number of fused-ring (bicyclic) bond motifs is 2. The summed E-state index contributed by atoms with van der Waals surface area (Å²) >= 11 is 3.64. The third-order valence-electron chi connectivity index (χ3n) is 4.15. The van der Waals surface area contributed by atoms with Crippen LogP contribution in [0.5, 0.6) is 5.75 Å². The van der Waals surface area contributed by atoms with Gasteiger partial charge in [0, 0.05) is 23.6 Å². The molecule has 1 aliphatic carbocycles. The zero-order valence-corrected chi connectivity index (χ0v) is 11.7. The Labute approximate surface area is 111 Å². The summed E-state index contributed by atoms with van der Waals surface area (Å²) in [6.07, 6.45) is 4.26. The third kappa shape index (κ3) is 2.23. The van der Waals surface area contributed by atoms with Crippen molar-refractivity contribution in [1.82, 2.24) is 4.90 Å². The standard InChI is InChI=1S/C14H18BrNO/c1-17-13-4-5-14(15)11(7-13)9-16-8-10-2-3-12(16)6-10/h4-5,7,10,12H,2-3,6,8-9H2,1H3. The molecule has 2 atom stereocenters. The molecule has 2 unspecified atom stereocenters. The van der Waals surface area contributed by atoms with Crippen LogP contribution in [0.4, 0.5) is 0 Å². The van der Waals surface area contributed by atoms with E-state index in [0.717, 1.165) is 24.3 Å². The number of likely N-dealkylation sites (tertiary alicyclic amines) is 1. The van der Waals surface area contributed by atoms with Crippen molar-refractivity contribution in [3.8, 4) is 5.75 Å². The number of rotatable bonds is 3. The van der Waals surface area contributed by atoms with E-state index in [1.54, 1.807) is 7.11 Å². The van der Waals surface area contributed by atoms with Crippen molar-refractivity contribution in [1.29, 1.82) is 0 Å². The van der Waals surface area contributed by atoms with Gasteiger partial charge < -0.3 is 4.74 Å². The van der Waals surface area contributed by atoms with Crippen molar-refractivity contribution in [2.75, 3.05) is 13.7 Å². The number of hydrogen-bond acceptors (Lipinski definition) is 2. The Morgan fingerprint density at radius 3 is 2.94 bits per heavy atom. The molecule has 2 aliphatic rings. The van der Waals surface area contributed by atoms with Crippen molar-refractivity contribution in [2.45, 2.75) is 31.8 Å². The maximum Gasteiger partial charge on any atom is 0.119 e. The molecule has 2 fully saturated rings. The second-order valence-electron chi connectivity index (χ2n) is 5.22. The van der Waals surface area contributed by atoms with Crippen LogP contribution in [-0.4, -0.2) is 24.6 Å². The van der Waals surface area contributed by atoms with Crippen LogP contribution in [0.25, 0.3) is 0 Å². The SMILES string of the molecule is COc1ccc(Br)c(CN2CC3CCC2C3)c1. The van der Waals surface area contributed by atoms with E-state index in [2.05, 4.69) is 33.0 Å². The van der Waals surface area contributed by atoms with Crippen LogP contribution < -0.4 is 4.74 Å². The van der Waals surface area contributed by atoms with Crippen LogP contribution >= 0.6 is 15.9 Å². The molecular weight excluding hydrogens is 278 g/mol. The van der Waals surface area contributed by atoms with Crippen LogP contribution in [0, 0.1) is 5.92 Å². The van der Waals surface area contributed by atoms with Gasteiger partial charge in [-0.05, 0) is 48.9 Å². The van der Waals surface area contributed by atoms with E-state index in [1.165, 1.54) is 35.8 Å². The molecule has 0 N–H and O–H groups in total. The highest BCUT2D eigenvalue weighted by atomic mass is 79.9. The van der Waals surface area contributed by atoms with E-state index in [0.29, 0.717) is 0 Å². The molecule has 1 aromatic carbocycles. The Bertz CT molecular complexity index is 421. The summed E-state index contributed by atoms with van der Waals surface area (Å²) in [4.78, 5) is 2.63. The summed E-state index contributed by atoms with van der Waals surface area (Å²) in [6.45, 7) is 2.34. The number of nitrogens with zero attached hydrogens (tertiary/aromatic N) is 1. The maximum atomic E-state index is 5.30. The first-order chi connectivity index (χ1) is 8.26. The molecule has 3 rings (SSSR count). The monoisotopic (exact) mass is 295 g/mol. The number of piperidine rings is 1. The Morgan fingerprint density at radius 2 is 2.29 bits per heavy atom. The van der Waals surface area contributed by atoms with Crippen LogP contribution in [0.3, 0.4) is 0 Å². The number of halogens is 1. The summed E-state index contributed by atoms with van der Waals surface area (Å²) in [5.41, 5.74) is 1.34. The minimum Gasteiger partial charge on any atom is -0.497 e. The molecule has 0 amide bonds. The van der Waals surface area contributed by atoms with E-state index in [-0.39, 0.29) is 0 Å². The minimum atomic E-state index is 0.832. The Balaban J connectivity index is 1.76. The highest BCUT2D eigenvalue weighted by Gasteiger charge is 2.37. The van der Waals surface area contributed by atoms with Crippen molar-refractivity contribution in [3.63, 3.8) is 0 Å². The van der Waals surface area contributed by atoms with E-state index in [9.17, 15) is 0 Å². The van der Waals surface area contributed by atoms with Gasteiger partial charge in [0.05, 0.1) is 7.11 Å². The number of benzene rings is 1. The molecular formula is C14H18BrNO. The summed E-state index contributed by atoms with van der Waals surface area (Å²) in [5, 5.41) is 0. The van der Waals surface area contributed by atoms with E-state index < -0.39 is 0 Å². The molecule has 0 aromatic heterocycles. The summed E-state index contributed by atoms with van der Waals surface area (Å²) in [5.74, 6) is 1.91.